The lowest BCUT2D eigenvalue weighted by molar-refractivity contribution is 0.0945. The van der Waals surface area contributed by atoms with Crippen molar-refractivity contribution in [3.63, 3.8) is 0 Å². The summed E-state index contributed by atoms with van der Waals surface area (Å²) in [6.07, 6.45) is 0. The fourth-order valence-electron chi connectivity index (χ4n) is 1.57. The van der Waals surface area contributed by atoms with Gasteiger partial charge in [-0.1, -0.05) is 18.2 Å². The Morgan fingerprint density at radius 1 is 1.31 bits per heavy atom. The first-order valence-corrected chi connectivity index (χ1v) is 5.44. The number of rotatable bonds is 3. The zero-order valence-electron chi connectivity index (χ0n) is 10.4. The minimum Gasteiger partial charge on any atom is -0.350 e. The maximum Gasteiger partial charge on any atom is 0.251 e. The zero-order chi connectivity index (χ0) is 12.3. The van der Waals surface area contributed by atoms with Crippen LogP contribution in [0.2, 0.25) is 0 Å². The predicted molar refractivity (Wildman–Crippen MR) is 66.5 cm³/mol. The van der Waals surface area contributed by atoms with Gasteiger partial charge in [-0.15, -0.1) is 0 Å². The lowest BCUT2D eigenvalue weighted by Gasteiger charge is -2.19. The maximum absolute atomic E-state index is 12.0. The van der Waals surface area contributed by atoms with E-state index >= 15 is 0 Å². The summed E-state index contributed by atoms with van der Waals surface area (Å²) >= 11 is 0. The second-order valence-corrected chi connectivity index (χ2v) is 4.94. The van der Waals surface area contributed by atoms with Crippen LogP contribution in [-0.4, -0.2) is 18.0 Å². The van der Waals surface area contributed by atoms with Crippen LogP contribution < -0.4 is 11.1 Å². The SMILES string of the molecule is Cc1cccc(C)c1C(=O)NCC(C)(C)N. The van der Waals surface area contributed by atoms with Gasteiger partial charge in [0, 0.05) is 17.6 Å². The van der Waals surface area contributed by atoms with E-state index < -0.39 is 0 Å². The predicted octanol–water partition coefficient (Wildman–Crippen LogP) is 1.77. The molecule has 1 rings (SSSR count). The third-order valence-electron chi connectivity index (χ3n) is 2.41. The molecule has 1 aromatic rings. The molecule has 0 aromatic heterocycles. The molecule has 1 aromatic carbocycles. The fourth-order valence-corrected chi connectivity index (χ4v) is 1.57. The Kier molecular flexibility index (Phi) is 3.70. The number of hydrogen-bond donors (Lipinski definition) is 2. The molecule has 0 aliphatic heterocycles. The largest absolute Gasteiger partial charge is 0.350 e. The maximum atomic E-state index is 12.0. The van der Waals surface area contributed by atoms with Gasteiger partial charge in [0.2, 0.25) is 0 Å². The lowest BCUT2D eigenvalue weighted by atomic mass is 10.0. The summed E-state index contributed by atoms with van der Waals surface area (Å²) in [5, 5.41) is 2.86. The normalized spacial score (nSPS) is 11.3. The highest BCUT2D eigenvalue weighted by molar-refractivity contribution is 5.97. The lowest BCUT2D eigenvalue weighted by Crippen LogP contribution is -2.45. The molecule has 0 saturated heterocycles. The third-order valence-corrected chi connectivity index (χ3v) is 2.41. The summed E-state index contributed by atoms with van der Waals surface area (Å²) in [6, 6.07) is 5.83. The Morgan fingerprint density at radius 3 is 2.25 bits per heavy atom. The number of amides is 1. The van der Waals surface area contributed by atoms with Crippen LogP contribution in [0.5, 0.6) is 0 Å². The van der Waals surface area contributed by atoms with Crippen molar-refractivity contribution >= 4 is 5.91 Å². The molecular formula is C13H20N2O. The fraction of sp³-hybridized carbons (Fsp3) is 0.462. The van der Waals surface area contributed by atoms with Gasteiger partial charge in [0.1, 0.15) is 0 Å². The summed E-state index contributed by atoms with van der Waals surface area (Å²) in [5.41, 5.74) is 8.18. The molecule has 3 nitrogen and oxygen atoms in total. The van der Waals surface area contributed by atoms with Crippen LogP contribution in [0.15, 0.2) is 18.2 Å². The van der Waals surface area contributed by atoms with Crippen LogP contribution in [0.4, 0.5) is 0 Å². The molecule has 3 heteroatoms. The molecule has 0 unspecified atom stereocenters. The monoisotopic (exact) mass is 220 g/mol. The standard InChI is InChI=1S/C13H20N2O/c1-9-6-5-7-10(2)11(9)12(16)15-8-13(3,4)14/h5-7H,8,14H2,1-4H3,(H,15,16). The number of carbonyl (C=O) groups is 1. The van der Waals surface area contributed by atoms with E-state index in [1.165, 1.54) is 0 Å². The number of carbonyl (C=O) groups excluding carboxylic acids is 1. The van der Waals surface area contributed by atoms with E-state index in [1.54, 1.807) is 0 Å². The van der Waals surface area contributed by atoms with Gasteiger partial charge in [-0.25, -0.2) is 0 Å². The molecule has 0 saturated carbocycles. The number of benzene rings is 1. The van der Waals surface area contributed by atoms with Crippen molar-refractivity contribution in [2.24, 2.45) is 5.73 Å². The topological polar surface area (TPSA) is 55.1 Å². The van der Waals surface area contributed by atoms with Crippen molar-refractivity contribution in [1.82, 2.24) is 5.32 Å². The van der Waals surface area contributed by atoms with Gasteiger partial charge < -0.3 is 11.1 Å². The molecule has 0 aliphatic carbocycles. The average molecular weight is 220 g/mol. The Morgan fingerprint density at radius 2 is 1.81 bits per heavy atom. The Bertz CT molecular complexity index is 371. The van der Waals surface area contributed by atoms with Crippen molar-refractivity contribution in [3.8, 4) is 0 Å². The van der Waals surface area contributed by atoms with E-state index in [9.17, 15) is 4.79 Å². The van der Waals surface area contributed by atoms with Gasteiger partial charge in [-0.05, 0) is 38.8 Å². The molecule has 0 spiro atoms. The molecule has 0 atom stereocenters. The molecule has 88 valence electrons. The van der Waals surface area contributed by atoms with Gasteiger partial charge in [0.15, 0.2) is 0 Å². The molecule has 0 fully saturated rings. The Balaban J connectivity index is 2.81. The minimum atomic E-state index is -0.383. The van der Waals surface area contributed by atoms with Crippen LogP contribution in [-0.2, 0) is 0 Å². The van der Waals surface area contributed by atoms with E-state index in [2.05, 4.69) is 5.32 Å². The van der Waals surface area contributed by atoms with E-state index in [1.807, 2.05) is 45.9 Å². The molecule has 16 heavy (non-hydrogen) atoms. The summed E-state index contributed by atoms with van der Waals surface area (Å²) < 4.78 is 0. The van der Waals surface area contributed by atoms with Gasteiger partial charge in [0.25, 0.3) is 5.91 Å². The summed E-state index contributed by atoms with van der Waals surface area (Å²) in [6.45, 7) is 8.13. The van der Waals surface area contributed by atoms with E-state index in [-0.39, 0.29) is 11.4 Å². The van der Waals surface area contributed by atoms with E-state index in [0.29, 0.717) is 6.54 Å². The van der Waals surface area contributed by atoms with Gasteiger partial charge in [-0.2, -0.15) is 0 Å². The van der Waals surface area contributed by atoms with Crippen LogP contribution in [0, 0.1) is 13.8 Å². The number of nitrogens with one attached hydrogen (secondary N) is 1. The van der Waals surface area contributed by atoms with Crippen LogP contribution in [0.1, 0.15) is 35.3 Å². The first-order valence-electron chi connectivity index (χ1n) is 5.44. The smallest absolute Gasteiger partial charge is 0.251 e. The second kappa shape index (κ2) is 4.66. The van der Waals surface area contributed by atoms with Crippen molar-refractivity contribution < 1.29 is 4.79 Å². The highest BCUT2D eigenvalue weighted by Crippen LogP contribution is 2.13. The minimum absolute atomic E-state index is 0.0471. The summed E-state index contributed by atoms with van der Waals surface area (Å²) in [5.74, 6) is -0.0471. The van der Waals surface area contributed by atoms with Crippen molar-refractivity contribution in [2.75, 3.05) is 6.54 Å². The van der Waals surface area contributed by atoms with E-state index in [0.717, 1.165) is 16.7 Å². The van der Waals surface area contributed by atoms with Crippen LogP contribution in [0.3, 0.4) is 0 Å². The molecule has 1 amide bonds. The molecule has 0 bridgehead atoms. The molecular weight excluding hydrogens is 200 g/mol. The highest BCUT2D eigenvalue weighted by Gasteiger charge is 2.15. The summed E-state index contributed by atoms with van der Waals surface area (Å²) in [7, 11) is 0. The number of hydrogen-bond acceptors (Lipinski definition) is 2. The van der Waals surface area contributed by atoms with Gasteiger partial charge >= 0.3 is 0 Å². The van der Waals surface area contributed by atoms with Crippen molar-refractivity contribution in [1.29, 1.82) is 0 Å². The Hall–Kier alpha value is -1.35. The zero-order valence-corrected chi connectivity index (χ0v) is 10.4. The van der Waals surface area contributed by atoms with Crippen LogP contribution in [0.25, 0.3) is 0 Å². The van der Waals surface area contributed by atoms with Gasteiger partial charge in [-0.3, -0.25) is 4.79 Å². The third kappa shape index (κ3) is 3.35. The van der Waals surface area contributed by atoms with Crippen molar-refractivity contribution in [3.05, 3.63) is 34.9 Å². The second-order valence-electron chi connectivity index (χ2n) is 4.94. The summed E-state index contributed by atoms with van der Waals surface area (Å²) in [4.78, 5) is 12.0. The molecule has 3 N–H and O–H groups in total. The van der Waals surface area contributed by atoms with Crippen LogP contribution >= 0.6 is 0 Å². The first-order chi connectivity index (χ1) is 7.31. The van der Waals surface area contributed by atoms with Crippen molar-refractivity contribution in [2.45, 2.75) is 33.2 Å². The van der Waals surface area contributed by atoms with E-state index in [4.69, 9.17) is 5.73 Å². The first kappa shape index (κ1) is 12.7. The molecule has 0 radical (unpaired) electrons. The molecule has 0 heterocycles. The average Bonchev–Trinajstić information content (AvgIpc) is 2.13. The number of nitrogens with two attached hydrogens (primary N) is 1. The number of aryl methyl sites for hydroxylation is 2. The Labute approximate surface area is 97.0 Å². The quantitative estimate of drug-likeness (QED) is 0.815. The highest BCUT2D eigenvalue weighted by atomic mass is 16.1. The van der Waals surface area contributed by atoms with Gasteiger partial charge in [0.05, 0.1) is 0 Å². The molecule has 0 aliphatic rings.